The summed E-state index contributed by atoms with van der Waals surface area (Å²) in [6.07, 6.45) is 1.76. The molecule has 8 heteroatoms. The molecule has 2 heterocycles. The molecule has 0 aliphatic heterocycles. The zero-order valence-corrected chi connectivity index (χ0v) is 14.5. The standard InChI is InChI=1S/C17H21N5O3/c1-23-9-8-18-16-14-10-19-22(12-4-6-13(25-3)7-5-12)17(14)21-15(20-16)11-24-2/h4-7,10H,8-9,11H2,1-3H3,(H,18,20,21). The van der Waals surface area contributed by atoms with E-state index in [1.54, 1.807) is 32.2 Å². The van der Waals surface area contributed by atoms with E-state index in [1.165, 1.54) is 0 Å². The summed E-state index contributed by atoms with van der Waals surface area (Å²) < 4.78 is 17.3. The Morgan fingerprint density at radius 1 is 1.04 bits per heavy atom. The van der Waals surface area contributed by atoms with Gasteiger partial charge in [-0.3, -0.25) is 0 Å². The summed E-state index contributed by atoms with van der Waals surface area (Å²) in [5.74, 6) is 2.09. The highest BCUT2D eigenvalue weighted by molar-refractivity contribution is 5.87. The molecule has 0 bridgehead atoms. The molecule has 0 atom stereocenters. The van der Waals surface area contributed by atoms with Crippen molar-refractivity contribution in [3.8, 4) is 11.4 Å². The SMILES string of the molecule is COCCNc1nc(COC)nc2c1cnn2-c1ccc(OC)cc1. The largest absolute Gasteiger partial charge is 0.497 e. The summed E-state index contributed by atoms with van der Waals surface area (Å²) in [6.45, 7) is 1.54. The van der Waals surface area contributed by atoms with Crippen LogP contribution >= 0.6 is 0 Å². The Labute approximate surface area is 145 Å². The molecule has 0 aliphatic carbocycles. The number of nitrogens with zero attached hydrogens (tertiary/aromatic N) is 4. The smallest absolute Gasteiger partial charge is 0.168 e. The maximum atomic E-state index is 5.21. The number of anilines is 1. The minimum absolute atomic E-state index is 0.322. The van der Waals surface area contributed by atoms with Crippen LogP contribution in [0.2, 0.25) is 0 Å². The topological polar surface area (TPSA) is 83.3 Å². The van der Waals surface area contributed by atoms with Crippen LogP contribution in [0, 0.1) is 0 Å². The molecule has 3 aromatic rings. The highest BCUT2D eigenvalue weighted by Gasteiger charge is 2.14. The van der Waals surface area contributed by atoms with Gasteiger partial charge in [0.05, 0.1) is 31.0 Å². The first-order chi connectivity index (χ1) is 12.3. The maximum absolute atomic E-state index is 5.21. The van der Waals surface area contributed by atoms with E-state index >= 15 is 0 Å². The molecule has 0 saturated carbocycles. The van der Waals surface area contributed by atoms with Gasteiger partial charge in [0, 0.05) is 20.8 Å². The quantitative estimate of drug-likeness (QED) is 0.627. The van der Waals surface area contributed by atoms with Gasteiger partial charge in [0.1, 0.15) is 18.2 Å². The zero-order valence-electron chi connectivity index (χ0n) is 14.5. The van der Waals surface area contributed by atoms with E-state index in [-0.39, 0.29) is 0 Å². The van der Waals surface area contributed by atoms with Gasteiger partial charge >= 0.3 is 0 Å². The predicted octanol–water partition coefficient (Wildman–Crippen LogP) is 2.03. The summed E-state index contributed by atoms with van der Waals surface area (Å²) in [5.41, 5.74) is 1.60. The van der Waals surface area contributed by atoms with Crippen molar-refractivity contribution in [2.75, 3.05) is 39.8 Å². The minimum Gasteiger partial charge on any atom is -0.497 e. The van der Waals surface area contributed by atoms with Crippen LogP contribution in [-0.2, 0) is 16.1 Å². The molecular formula is C17H21N5O3. The van der Waals surface area contributed by atoms with E-state index in [4.69, 9.17) is 14.2 Å². The van der Waals surface area contributed by atoms with Gasteiger partial charge in [0.25, 0.3) is 0 Å². The van der Waals surface area contributed by atoms with Crippen molar-refractivity contribution in [1.82, 2.24) is 19.7 Å². The summed E-state index contributed by atoms with van der Waals surface area (Å²) in [5, 5.41) is 8.58. The molecule has 1 N–H and O–H groups in total. The van der Waals surface area contributed by atoms with Crippen LogP contribution in [0.5, 0.6) is 5.75 Å². The van der Waals surface area contributed by atoms with Gasteiger partial charge in [0.15, 0.2) is 11.5 Å². The van der Waals surface area contributed by atoms with Gasteiger partial charge in [-0.15, -0.1) is 0 Å². The second-order valence-electron chi connectivity index (χ2n) is 5.33. The van der Waals surface area contributed by atoms with E-state index in [2.05, 4.69) is 20.4 Å². The van der Waals surface area contributed by atoms with Crippen molar-refractivity contribution in [2.45, 2.75) is 6.61 Å². The molecule has 0 aliphatic rings. The molecule has 2 aromatic heterocycles. The molecule has 3 rings (SSSR count). The van der Waals surface area contributed by atoms with Crippen molar-refractivity contribution in [3.05, 3.63) is 36.3 Å². The van der Waals surface area contributed by atoms with Crippen LogP contribution in [0.4, 0.5) is 5.82 Å². The Morgan fingerprint density at radius 2 is 1.84 bits per heavy atom. The number of fused-ring (bicyclic) bond motifs is 1. The van der Waals surface area contributed by atoms with Crippen molar-refractivity contribution >= 4 is 16.9 Å². The van der Waals surface area contributed by atoms with Gasteiger partial charge in [-0.2, -0.15) is 5.10 Å². The van der Waals surface area contributed by atoms with E-state index in [0.717, 1.165) is 16.8 Å². The average molecular weight is 343 g/mol. The van der Waals surface area contributed by atoms with E-state index in [0.29, 0.717) is 37.0 Å². The van der Waals surface area contributed by atoms with Crippen molar-refractivity contribution in [1.29, 1.82) is 0 Å². The third kappa shape index (κ3) is 3.70. The van der Waals surface area contributed by atoms with E-state index in [9.17, 15) is 0 Å². The van der Waals surface area contributed by atoms with E-state index in [1.807, 2.05) is 24.3 Å². The lowest BCUT2D eigenvalue weighted by molar-refractivity contribution is 0.178. The second-order valence-corrected chi connectivity index (χ2v) is 5.33. The number of hydrogen-bond acceptors (Lipinski definition) is 7. The van der Waals surface area contributed by atoms with Crippen LogP contribution in [0.1, 0.15) is 5.82 Å². The summed E-state index contributed by atoms with van der Waals surface area (Å²) in [4.78, 5) is 9.12. The molecule has 0 saturated heterocycles. The Bertz CT molecular complexity index is 832. The van der Waals surface area contributed by atoms with Crippen molar-refractivity contribution in [2.24, 2.45) is 0 Å². The fourth-order valence-corrected chi connectivity index (χ4v) is 2.47. The van der Waals surface area contributed by atoms with Crippen LogP contribution < -0.4 is 10.1 Å². The molecule has 0 spiro atoms. The number of methoxy groups -OCH3 is 3. The maximum Gasteiger partial charge on any atom is 0.168 e. The molecule has 1 aromatic carbocycles. The number of ether oxygens (including phenoxy) is 3. The van der Waals surface area contributed by atoms with E-state index < -0.39 is 0 Å². The molecule has 0 radical (unpaired) electrons. The van der Waals surface area contributed by atoms with Crippen molar-refractivity contribution in [3.63, 3.8) is 0 Å². The Kier molecular flexibility index (Phi) is 5.42. The lowest BCUT2D eigenvalue weighted by Gasteiger charge is -2.09. The number of rotatable bonds is 8. The molecule has 0 fully saturated rings. The Morgan fingerprint density at radius 3 is 2.52 bits per heavy atom. The van der Waals surface area contributed by atoms with Gasteiger partial charge in [-0.05, 0) is 24.3 Å². The third-order valence-electron chi connectivity index (χ3n) is 3.66. The van der Waals surface area contributed by atoms with Crippen LogP contribution in [0.15, 0.2) is 30.5 Å². The number of aromatic nitrogens is 4. The molecule has 8 nitrogen and oxygen atoms in total. The highest BCUT2D eigenvalue weighted by atomic mass is 16.5. The first kappa shape index (κ1) is 17.1. The monoisotopic (exact) mass is 343 g/mol. The second kappa shape index (κ2) is 7.91. The molecule has 0 amide bonds. The highest BCUT2D eigenvalue weighted by Crippen LogP contribution is 2.24. The molecular weight excluding hydrogens is 322 g/mol. The number of benzene rings is 1. The fraction of sp³-hybridized carbons (Fsp3) is 0.353. The zero-order chi connectivity index (χ0) is 17.6. The first-order valence-corrected chi connectivity index (χ1v) is 7.87. The normalized spacial score (nSPS) is 11.0. The van der Waals surface area contributed by atoms with Gasteiger partial charge in [-0.25, -0.2) is 14.6 Å². The molecule has 0 unspecified atom stereocenters. The first-order valence-electron chi connectivity index (χ1n) is 7.87. The lowest BCUT2D eigenvalue weighted by atomic mass is 10.3. The Hall–Kier alpha value is -2.71. The van der Waals surface area contributed by atoms with Crippen LogP contribution in [0.25, 0.3) is 16.7 Å². The minimum atomic E-state index is 0.322. The molecule has 132 valence electrons. The van der Waals surface area contributed by atoms with Gasteiger partial charge in [0.2, 0.25) is 0 Å². The average Bonchev–Trinajstić information content (AvgIpc) is 3.06. The summed E-state index contributed by atoms with van der Waals surface area (Å²) in [7, 11) is 4.92. The third-order valence-corrected chi connectivity index (χ3v) is 3.66. The van der Waals surface area contributed by atoms with Crippen LogP contribution in [-0.4, -0.2) is 54.2 Å². The van der Waals surface area contributed by atoms with Crippen LogP contribution in [0.3, 0.4) is 0 Å². The lowest BCUT2D eigenvalue weighted by Crippen LogP contribution is -2.11. The van der Waals surface area contributed by atoms with Gasteiger partial charge < -0.3 is 19.5 Å². The number of nitrogens with one attached hydrogen (secondary N) is 1. The fourth-order valence-electron chi connectivity index (χ4n) is 2.47. The predicted molar refractivity (Wildman–Crippen MR) is 94.3 cm³/mol. The summed E-state index contributed by atoms with van der Waals surface area (Å²) >= 11 is 0. The van der Waals surface area contributed by atoms with Crippen molar-refractivity contribution < 1.29 is 14.2 Å². The Balaban J connectivity index is 2.04. The van der Waals surface area contributed by atoms with Gasteiger partial charge in [-0.1, -0.05) is 0 Å². The molecule has 25 heavy (non-hydrogen) atoms. The number of hydrogen-bond donors (Lipinski definition) is 1. The summed E-state index contributed by atoms with van der Waals surface area (Å²) in [6, 6.07) is 7.64.